The molecule has 0 aliphatic carbocycles. The number of benzene rings is 1. The Labute approximate surface area is 211 Å². The van der Waals surface area contributed by atoms with Gasteiger partial charge >= 0.3 is 0 Å². The average Bonchev–Trinajstić information content (AvgIpc) is 2.82. The molecule has 184 valence electrons. The summed E-state index contributed by atoms with van der Waals surface area (Å²) in [5, 5.41) is 6.95. The lowest BCUT2D eigenvalue weighted by Gasteiger charge is -2.35. The molecule has 2 N–H and O–H groups in total. The second kappa shape index (κ2) is 15.5. The van der Waals surface area contributed by atoms with Gasteiger partial charge in [-0.05, 0) is 38.1 Å². The van der Waals surface area contributed by atoms with Crippen LogP contribution in [0.2, 0.25) is 0 Å². The first-order valence-electron chi connectivity index (χ1n) is 11.2. The number of likely N-dealkylation sites (N-methyl/N-ethyl adjacent to an activating group) is 1. The summed E-state index contributed by atoms with van der Waals surface area (Å²) >= 11 is 0. The quantitative estimate of drug-likeness (QED) is 0.244. The Balaban J connectivity index is 0.00000512. The monoisotopic (exact) mass is 563 g/mol. The van der Waals surface area contributed by atoms with Gasteiger partial charge < -0.3 is 29.7 Å². The molecule has 1 saturated heterocycles. The van der Waals surface area contributed by atoms with Crippen LogP contribution in [0.3, 0.4) is 0 Å². The number of hydrogen-bond donors (Lipinski definition) is 2. The lowest BCUT2D eigenvalue weighted by Crippen LogP contribution is -2.47. The van der Waals surface area contributed by atoms with Crippen molar-refractivity contribution < 1.29 is 14.2 Å². The van der Waals surface area contributed by atoms with E-state index in [-0.39, 0.29) is 30.0 Å². The molecule has 2 unspecified atom stereocenters. The third-order valence-electron chi connectivity index (χ3n) is 6.07. The molecule has 8 nitrogen and oxygen atoms in total. The Morgan fingerprint density at radius 2 is 1.88 bits per heavy atom. The molecule has 1 fully saturated rings. The third kappa shape index (κ3) is 8.57. The molecule has 1 heterocycles. The molecular weight excluding hydrogens is 521 g/mol. The van der Waals surface area contributed by atoms with Gasteiger partial charge in [-0.15, -0.1) is 24.0 Å². The van der Waals surface area contributed by atoms with Gasteiger partial charge in [-0.3, -0.25) is 9.89 Å². The first-order chi connectivity index (χ1) is 15.0. The van der Waals surface area contributed by atoms with Crippen molar-refractivity contribution in [1.29, 1.82) is 0 Å². The molecule has 1 aliphatic rings. The molecule has 1 aromatic carbocycles. The second-order valence-corrected chi connectivity index (χ2v) is 7.90. The van der Waals surface area contributed by atoms with E-state index in [0.717, 1.165) is 69.8 Å². The first-order valence-corrected chi connectivity index (χ1v) is 11.2. The van der Waals surface area contributed by atoms with E-state index in [9.17, 15) is 0 Å². The standard InChI is InChI=1S/C23H41N5O3.HI/c1-7-18(2)27(4)11-10-25-23(24-3)26-17-20(28-12-14-31-15-13-28)19-8-9-21(29-5)22(16-19)30-6;/h8-9,16,18,20H,7,10-15,17H2,1-6H3,(H2,24,25,26);1H. The second-order valence-electron chi connectivity index (χ2n) is 7.90. The number of nitrogens with zero attached hydrogens (tertiary/aromatic N) is 3. The fourth-order valence-electron chi connectivity index (χ4n) is 3.70. The summed E-state index contributed by atoms with van der Waals surface area (Å²) in [6.07, 6.45) is 1.15. The zero-order valence-electron chi connectivity index (χ0n) is 20.5. The lowest BCUT2D eigenvalue weighted by atomic mass is 10.0. The summed E-state index contributed by atoms with van der Waals surface area (Å²) in [4.78, 5) is 9.22. The van der Waals surface area contributed by atoms with Gasteiger partial charge in [0.25, 0.3) is 0 Å². The molecule has 2 rings (SSSR count). The Bertz CT molecular complexity index is 686. The summed E-state index contributed by atoms with van der Waals surface area (Å²) in [5.74, 6) is 2.30. The maximum Gasteiger partial charge on any atom is 0.191 e. The van der Waals surface area contributed by atoms with Crippen molar-refractivity contribution in [1.82, 2.24) is 20.4 Å². The van der Waals surface area contributed by atoms with Crippen molar-refractivity contribution in [3.8, 4) is 11.5 Å². The molecule has 32 heavy (non-hydrogen) atoms. The van der Waals surface area contributed by atoms with Crippen LogP contribution in [0, 0.1) is 0 Å². The number of aliphatic imine (C=N–C) groups is 1. The fraction of sp³-hybridized carbons (Fsp3) is 0.696. The summed E-state index contributed by atoms with van der Waals surface area (Å²) in [6, 6.07) is 6.90. The Morgan fingerprint density at radius 3 is 2.47 bits per heavy atom. The molecule has 0 aromatic heterocycles. The number of hydrogen-bond acceptors (Lipinski definition) is 6. The van der Waals surface area contributed by atoms with Crippen molar-refractivity contribution in [3.63, 3.8) is 0 Å². The van der Waals surface area contributed by atoms with Gasteiger partial charge in [0.05, 0.1) is 33.5 Å². The number of morpholine rings is 1. The molecular formula is C23H42IN5O3. The van der Waals surface area contributed by atoms with E-state index in [0.29, 0.717) is 6.04 Å². The highest BCUT2D eigenvalue weighted by atomic mass is 127. The summed E-state index contributed by atoms with van der Waals surface area (Å²) in [5.41, 5.74) is 1.18. The third-order valence-corrected chi connectivity index (χ3v) is 6.07. The van der Waals surface area contributed by atoms with E-state index in [1.54, 1.807) is 14.2 Å². The maximum atomic E-state index is 5.57. The number of ether oxygens (including phenoxy) is 3. The van der Waals surface area contributed by atoms with Gasteiger partial charge in [0.1, 0.15) is 0 Å². The van der Waals surface area contributed by atoms with E-state index in [4.69, 9.17) is 14.2 Å². The summed E-state index contributed by atoms with van der Waals surface area (Å²) in [7, 11) is 7.31. The first kappa shape index (κ1) is 28.7. The van der Waals surface area contributed by atoms with Gasteiger partial charge in [0.2, 0.25) is 0 Å². The van der Waals surface area contributed by atoms with E-state index in [1.165, 1.54) is 5.56 Å². The van der Waals surface area contributed by atoms with Crippen molar-refractivity contribution in [2.24, 2.45) is 4.99 Å². The van der Waals surface area contributed by atoms with Crippen LogP contribution in [0.5, 0.6) is 11.5 Å². The Kier molecular flexibility index (Phi) is 13.9. The lowest BCUT2D eigenvalue weighted by molar-refractivity contribution is 0.0169. The molecule has 0 spiro atoms. The summed E-state index contributed by atoms with van der Waals surface area (Å²) < 4.78 is 16.5. The number of nitrogens with one attached hydrogen (secondary N) is 2. The highest BCUT2D eigenvalue weighted by Crippen LogP contribution is 2.32. The SMILES string of the molecule is CCC(C)N(C)CCNC(=NC)NCC(c1ccc(OC)c(OC)c1)N1CCOCC1.I. The zero-order chi connectivity index (χ0) is 22.6. The Morgan fingerprint density at radius 1 is 1.19 bits per heavy atom. The molecule has 0 saturated carbocycles. The van der Waals surface area contributed by atoms with Crippen LogP contribution in [0.15, 0.2) is 23.2 Å². The van der Waals surface area contributed by atoms with Crippen LogP contribution in [0.1, 0.15) is 31.9 Å². The minimum atomic E-state index is 0. The maximum absolute atomic E-state index is 5.57. The predicted octanol–water partition coefficient (Wildman–Crippen LogP) is 2.59. The molecule has 0 radical (unpaired) electrons. The molecule has 0 amide bonds. The van der Waals surface area contributed by atoms with Gasteiger partial charge in [-0.1, -0.05) is 13.0 Å². The van der Waals surface area contributed by atoms with Crippen LogP contribution in [0.25, 0.3) is 0 Å². The Hall–Kier alpha value is -1.30. The van der Waals surface area contributed by atoms with Crippen LogP contribution in [-0.4, -0.2) is 96.1 Å². The molecule has 1 aromatic rings. The minimum Gasteiger partial charge on any atom is -0.493 e. The van der Waals surface area contributed by atoms with Crippen LogP contribution >= 0.6 is 24.0 Å². The van der Waals surface area contributed by atoms with E-state index < -0.39 is 0 Å². The van der Waals surface area contributed by atoms with Crippen molar-refractivity contribution in [2.75, 3.05) is 74.3 Å². The molecule has 2 atom stereocenters. The number of halogens is 1. The van der Waals surface area contributed by atoms with Gasteiger partial charge in [0, 0.05) is 45.8 Å². The van der Waals surface area contributed by atoms with E-state index in [1.807, 2.05) is 13.1 Å². The summed E-state index contributed by atoms with van der Waals surface area (Å²) in [6.45, 7) is 10.3. The predicted molar refractivity (Wildman–Crippen MR) is 142 cm³/mol. The van der Waals surface area contributed by atoms with Crippen LogP contribution < -0.4 is 20.1 Å². The van der Waals surface area contributed by atoms with Crippen molar-refractivity contribution in [2.45, 2.75) is 32.4 Å². The van der Waals surface area contributed by atoms with Gasteiger partial charge in [-0.25, -0.2) is 0 Å². The van der Waals surface area contributed by atoms with Crippen molar-refractivity contribution >= 4 is 29.9 Å². The normalized spacial score (nSPS) is 16.8. The minimum absolute atomic E-state index is 0. The highest BCUT2D eigenvalue weighted by molar-refractivity contribution is 14.0. The van der Waals surface area contributed by atoms with Gasteiger partial charge in [0.15, 0.2) is 17.5 Å². The number of guanidine groups is 1. The molecule has 9 heteroatoms. The van der Waals surface area contributed by atoms with E-state index in [2.05, 4.69) is 58.5 Å². The van der Waals surface area contributed by atoms with Crippen molar-refractivity contribution in [3.05, 3.63) is 23.8 Å². The fourth-order valence-corrected chi connectivity index (χ4v) is 3.70. The smallest absolute Gasteiger partial charge is 0.191 e. The zero-order valence-corrected chi connectivity index (χ0v) is 22.8. The number of rotatable bonds is 11. The van der Waals surface area contributed by atoms with Gasteiger partial charge in [-0.2, -0.15) is 0 Å². The van der Waals surface area contributed by atoms with E-state index >= 15 is 0 Å². The van der Waals surface area contributed by atoms with Crippen LogP contribution in [-0.2, 0) is 4.74 Å². The molecule has 1 aliphatic heterocycles. The van der Waals surface area contributed by atoms with Crippen LogP contribution in [0.4, 0.5) is 0 Å². The largest absolute Gasteiger partial charge is 0.493 e. The molecule has 0 bridgehead atoms. The topological polar surface area (TPSA) is 70.6 Å². The highest BCUT2D eigenvalue weighted by Gasteiger charge is 2.24. The average molecular weight is 564 g/mol. The number of methoxy groups -OCH3 is 2.